The molecule has 0 bridgehead atoms. The number of halogens is 6. The molecule has 1 aliphatic heterocycles. The van der Waals surface area contributed by atoms with Crippen LogP contribution in [0.25, 0.3) is 0 Å². The molecule has 1 heterocycles. The average molecular weight is 457 g/mol. The van der Waals surface area contributed by atoms with Gasteiger partial charge < -0.3 is 9.64 Å². The Kier molecular flexibility index (Phi) is 6.39. The van der Waals surface area contributed by atoms with Crippen molar-refractivity contribution in [1.82, 2.24) is 0 Å². The standard InChI is InChI=1S/C20H13F6N3OS/c21-19(22,23)17-7-14(4-3-13(17)9-28)29-10-15(30-18(29)20(24,25)26)11-31-16-5-1-12(8-27)2-6-16/h1-7,15,18H,10-11H2. The van der Waals surface area contributed by atoms with Crippen LogP contribution in [0, 0.1) is 22.7 Å². The predicted octanol–water partition coefficient (Wildman–Crippen LogP) is 5.33. The number of rotatable bonds is 4. The highest BCUT2D eigenvalue weighted by molar-refractivity contribution is 7.99. The van der Waals surface area contributed by atoms with Crippen LogP contribution >= 0.6 is 11.8 Å². The highest BCUT2D eigenvalue weighted by Crippen LogP contribution is 2.39. The van der Waals surface area contributed by atoms with Crippen molar-refractivity contribution in [3.63, 3.8) is 0 Å². The van der Waals surface area contributed by atoms with Gasteiger partial charge in [0.1, 0.15) is 0 Å². The highest BCUT2D eigenvalue weighted by atomic mass is 32.2. The molecule has 11 heteroatoms. The zero-order chi connectivity index (χ0) is 22.8. The summed E-state index contributed by atoms with van der Waals surface area (Å²) in [5, 5.41) is 17.7. The lowest BCUT2D eigenvalue weighted by Gasteiger charge is -2.27. The number of hydrogen-bond donors (Lipinski definition) is 0. The predicted molar refractivity (Wildman–Crippen MR) is 100 cm³/mol. The Hall–Kier alpha value is -2.89. The van der Waals surface area contributed by atoms with E-state index < -0.39 is 35.8 Å². The zero-order valence-corrected chi connectivity index (χ0v) is 16.4. The smallest absolute Gasteiger partial charge is 0.344 e. The fraction of sp³-hybridized carbons (Fsp3) is 0.300. The molecule has 0 aromatic heterocycles. The minimum absolute atomic E-state index is 0.122. The van der Waals surface area contributed by atoms with E-state index >= 15 is 0 Å². The summed E-state index contributed by atoms with van der Waals surface area (Å²) in [4.78, 5) is 1.43. The van der Waals surface area contributed by atoms with Gasteiger partial charge in [-0.2, -0.15) is 36.9 Å². The maximum Gasteiger partial charge on any atom is 0.433 e. The van der Waals surface area contributed by atoms with Crippen molar-refractivity contribution in [3.05, 3.63) is 59.2 Å². The molecule has 2 aromatic carbocycles. The maximum absolute atomic E-state index is 13.5. The van der Waals surface area contributed by atoms with Crippen molar-refractivity contribution in [2.24, 2.45) is 0 Å². The quantitative estimate of drug-likeness (QED) is 0.459. The Balaban J connectivity index is 1.82. The van der Waals surface area contributed by atoms with Gasteiger partial charge in [0.05, 0.1) is 34.9 Å². The summed E-state index contributed by atoms with van der Waals surface area (Å²) in [5.74, 6) is 0.122. The molecule has 0 amide bonds. The minimum atomic E-state index is -4.89. The largest absolute Gasteiger partial charge is 0.433 e. The lowest BCUT2D eigenvalue weighted by Crippen LogP contribution is -2.42. The normalized spacial score (nSPS) is 19.2. The third-order valence-corrected chi connectivity index (χ3v) is 5.61. The molecule has 2 atom stereocenters. The summed E-state index contributed by atoms with van der Waals surface area (Å²) in [6.07, 6.45) is -13.0. The van der Waals surface area contributed by atoms with E-state index in [4.69, 9.17) is 15.3 Å². The first-order valence-electron chi connectivity index (χ1n) is 8.76. The van der Waals surface area contributed by atoms with E-state index in [1.54, 1.807) is 24.3 Å². The van der Waals surface area contributed by atoms with Crippen LogP contribution in [0.15, 0.2) is 47.4 Å². The first-order valence-corrected chi connectivity index (χ1v) is 9.74. The number of anilines is 1. The van der Waals surface area contributed by atoms with Gasteiger partial charge in [-0.3, -0.25) is 0 Å². The van der Waals surface area contributed by atoms with Crippen LogP contribution in [-0.4, -0.2) is 30.8 Å². The Bertz CT molecular complexity index is 1020. The van der Waals surface area contributed by atoms with Gasteiger partial charge in [-0.25, -0.2) is 0 Å². The molecule has 162 valence electrons. The molecule has 1 saturated heterocycles. The Morgan fingerprint density at radius 2 is 1.68 bits per heavy atom. The van der Waals surface area contributed by atoms with Crippen LogP contribution in [0.5, 0.6) is 0 Å². The molecular formula is C20H13F6N3OS. The molecule has 31 heavy (non-hydrogen) atoms. The highest BCUT2D eigenvalue weighted by Gasteiger charge is 2.51. The van der Waals surface area contributed by atoms with Gasteiger partial charge in [0, 0.05) is 22.9 Å². The molecule has 0 N–H and O–H groups in total. The molecule has 0 saturated carbocycles. The van der Waals surface area contributed by atoms with Crippen molar-refractivity contribution in [3.8, 4) is 12.1 Å². The lowest BCUT2D eigenvalue weighted by molar-refractivity contribution is -0.212. The van der Waals surface area contributed by atoms with Crippen LogP contribution in [0.1, 0.15) is 16.7 Å². The van der Waals surface area contributed by atoms with Crippen molar-refractivity contribution < 1.29 is 31.1 Å². The summed E-state index contributed by atoms with van der Waals surface area (Å²) in [5.41, 5.74) is -1.87. The van der Waals surface area contributed by atoms with E-state index in [0.717, 1.165) is 17.0 Å². The zero-order valence-electron chi connectivity index (χ0n) is 15.5. The second-order valence-electron chi connectivity index (χ2n) is 6.59. The first-order chi connectivity index (χ1) is 14.5. The molecule has 1 fully saturated rings. The number of ether oxygens (including phenoxy) is 1. The van der Waals surface area contributed by atoms with Gasteiger partial charge in [0.2, 0.25) is 6.23 Å². The molecular weight excluding hydrogens is 444 g/mol. The number of hydrogen-bond acceptors (Lipinski definition) is 5. The third-order valence-electron chi connectivity index (χ3n) is 4.46. The number of thioether (sulfide) groups is 1. The Morgan fingerprint density at radius 3 is 2.23 bits per heavy atom. The maximum atomic E-state index is 13.5. The molecule has 4 nitrogen and oxygen atoms in total. The van der Waals surface area contributed by atoms with Gasteiger partial charge in [0.15, 0.2) is 0 Å². The van der Waals surface area contributed by atoms with E-state index in [-0.39, 0.29) is 18.0 Å². The van der Waals surface area contributed by atoms with Crippen LogP contribution in [-0.2, 0) is 10.9 Å². The summed E-state index contributed by atoms with van der Waals surface area (Å²) in [7, 11) is 0. The number of nitriles is 2. The first kappa shape index (κ1) is 22.8. The monoisotopic (exact) mass is 457 g/mol. The van der Waals surface area contributed by atoms with Crippen LogP contribution in [0.4, 0.5) is 32.0 Å². The lowest BCUT2D eigenvalue weighted by atomic mass is 10.1. The van der Waals surface area contributed by atoms with Crippen LogP contribution in [0.3, 0.4) is 0 Å². The van der Waals surface area contributed by atoms with E-state index in [1.165, 1.54) is 17.8 Å². The Morgan fingerprint density at radius 1 is 1.00 bits per heavy atom. The fourth-order valence-electron chi connectivity index (χ4n) is 3.06. The van der Waals surface area contributed by atoms with Gasteiger partial charge in [-0.15, -0.1) is 11.8 Å². The molecule has 0 radical (unpaired) electrons. The van der Waals surface area contributed by atoms with Gasteiger partial charge in [-0.1, -0.05) is 0 Å². The summed E-state index contributed by atoms with van der Waals surface area (Å²) in [6, 6.07) is 12.2. The molecule has 1 aliphatic rings. The number of alkyl halides is 6. The van der Waals surface area contributed by atoms with Gasteiger partial charge >= 0.3 is 12.4 Å². The number of nitrogens with zero attached hydrogens (tertiary/aromatic N) is 3. The van der Waals surface area contributed by atoms with Crippen molar-refractivity contribution in [2.45, 2.75) is 29.6 Å². The third kappa shape index (κ3) is 5.24. The SMILES string of the molecule is N#Cc1ccc(SCC2CN(c3ccc(C#N)c(C(F)(F)F)c3)C(C(F)(F)F)O2)cc1. The minimum Gasteiger partial charge on any atom is -0.344 e. The topological polar surface area (TPSA) is 60.0 Å². The van der Waals surface area contributed by atoms with Crippen molar-refractivity contribution in [1.29, 1.82) is 10.5 Å². The van der Waals surface area contributed by atoms with Crippen molar-refractivity contribution >= 4 is 17.4 Å². The molecule has 0 spiro atoms. The van der Waals surface area contributed by atoms with E-state index in [2.05, 4.69) is 0 Å². The second kappa shape index (κ2) is 8.69. The number of benzene rings is 2. The molecule has 2 aromatic rings. The van der Waals surface area contributed by atoms with Crippen LogP contribution < -0.4 is 4.90 Å². The van der Waals surface area contributed by atoms with Gasteiger partial charge in [0.25, 0.3) is 0 Å². The fourth-order valence-corrected chi connectivity index (χ4v) is 3.95. The van der Waals surface area contributed by atoms with Crippen molar-refractivity contribution in [2.75, 3.05) is 17.2 Å². The molecule has 2 unspecified atom stereocenters. The Labute approximate surface area is 177 Å². The molecule has 0 aliphatic carbocycles. The average Bonchev–Trinajstić information content (AvgIpc) is 3.16. The van der Waals surface area contributed by atoms with E-state index in [1.807, 2.05) is 6.07 Å². The van der Waals surface area contributed by atoms with Gasteiger partial charge in [-0.05, 0) is 42.5 Å². The summed E-state index contributed by atoms with van der Waals surface area (Å²) < 4.78 is 85.4. The summed E-state index contributed by atoms with van der Waals surface area (Å²) in [6.45, 7) is -0.281. The van der Waals surface area contributed by atoms with E-state index in [9.17, 15) is 26.3 Å². The second-order valence-corrected chi connectivity index (χ2v) is 7.68. The van der Waals surface area contributed by atoms with E-state index in [0.29, 0.717) is 16.5 Å². The summed E-state index contributed by atoms with van der Waals surface area (Å²) >= 11 is 1.21. The van der Waals surface area contributed by atoms with Crippen LogP contribution in [0.2, 0.25) is 0 Å². The molecule has 3 rings (SSSR count).